The van der Waals surface area contributed by atoms with Crippen LogP contribution in [0.4, 0.5) is 9.59 Å². The topological polar surface area (TPSA) is 77.3 Å². The number of carbonyl (C=O) groups excluding carboxylic acids is 2. The molecule has 0 aliphatic carbocycles. The molecule has 7 heteroatoms. The van der Waals surface area contributed by atoms with Gasteiger partial charge in [-0.3, -0.25) is 0 Å². The van der Waals surface area contributed by atoms with Gasteiger partial charge in [0.25, 0.3) is 8.32 Å². The van der Waals surface area contributed by atoms with Crippen LogP contribution in [0.3, 0.4) is 0 Å². The van der Waals surface area contributed by atoms with Crippen molar-refractivity contribution < 1.29 is 18.8 Å². The Morgan fingerprint density at radius 1 is 0.909 bits per heavy atom. The molecule has 0 rings (SSSR count). The van der Waals surface area contributed by atoms with Gasteiger partial charge in [-0.15, -0.1) is 0 Å². The third-order valence-electron chi connectivity index (χ3n) is 3.17. The number of hydrogen-bond acceptors (Lipinski definition) is 4. The molecule has 0 bridgehead atoms. The molecule has 0 radical (unpaired) electrons. The maximum Gasteiger partial charge on any atom is 0.452 e. The molecule has 128 valence electrons. The quantitative estimate of drug-likeness (QED) is 0.410. The van der Waals surface area contributed by atoms with Gasteiger partial charge < -0.3 is 9.16 Å². The van der Waals surface area contributed by atoms with E-state index in [0.29, 0.717) is 0 Å². The minimum Gasteiger partial charge on any atom is -0.501 e. The first-order chi connectivity index (χ1) is 10.4. The van der Waals surface area contributed by atoms with Crippen LogP contribution >= 0.6 is 0 Å². The molecule has 2 amide bonds. The van der Waals surface area contributed by atoms with E-state index in [2.05, 4.69) is 31.0 Å². The molecule has 0 saturated carbocycles. The van der Waals surface area contributed by atoms with Gasteiger partial charge in [0.05, 0.1) is 6.61 Å². The molecule has 0 fully saturated rings. The molecule has 0 saturated heterocycles. The summed E-state index contributed by atoms with van der Waals surface area (Å²) in [5, 5.41) is 6.63. The Balaban J connectivity index is 4.63. The van der Waals surface area contributed by atoms with Gasteiger partial charge in [0, 0.05) is 0 Å². The molecule has 22 heavy (non-hydrogen) atoms. The largest absolute Gasteiger partial charge is 0.501 e. The van der Waals surface area contributed by atoms with E-state index in [9.17, 15) is 9.59 Å². The minimum absolute atomic E-state index is 0.213. The Bertz CT molecular complexity index is 356. The first-order valence-electron chi connectivity index (χ1n) is 8.20. The average molecular weight is 331 g/mol. The zero-order chi connectivity index (χ0) is 17.0. The lowest BCUT2D eigenvalue weighted by Crippen LogP contribution is -2.39. The molecular weight excluding hydrogens is 300 g/mol. The molecule has 0 atom stereocenters. The summed E-state index contributed by atoms with van der Waals surface area (Å²) in [5.41, 5.74) is 0. The predicted molar refractivity (Wildman–Crippen MR) is 88.6 cm³/mol. The Morgan fingerprint density at radius 2 is 1.36 bits per heavy atom. The normalized spacial score (nSPS) is 11.9. The summed E-state index contributed by atoms with van der Waals surface area (Å²) in [7, 11) is -2.12. The second-order valence-electron chi connectivity index (χ2n) is 5.97. The zero-order valence-electron chi connectivity index (χ0n) is 14.6. The van der Waals surface area contributed by atoms with Crippen molar-refractivity contribution in [1.29, 1.82) is 0 Å². The maximum absolute atomic E-state index is 11.9. The van der Waals surface area contributed by atoms with Crippen LogP contribution in [0.5, 0.6) is 0 Å². The minimum atomic E-state index is -2.12. The molecule has 0 N–H and O–H groups in total. The highest BCUT2D eigenvalue weighted by Gasteiger charge is 2.36. The van der Waals surface area contributed by atoms with Crippen molar-refractivity contribution >= 4 is 20.5 Å². The second-order valence-corrected chi connectivity index (χ2v) is 10.0. The molecule has 0 aromatic rings. The SMILES string of the molecule is CCC[Si](CCC)(CCC)OC(=O)N=NC(=O)OCC(C)C. The molecule has 0 aromatic heterocycles. The van der Waals surface area contributed by atoms with E-state index in [-0.39, 0.29) is 12.5 Å². The summed E-state index contributed by atoms with van der Waals surface area (Å²) in [6.07, 6.45) is 1.33. The summed E-state index contributed by atoms with van der Waals surface area (Å²) >= 11 is 0. The number of nitrogens with zero attached hydrogens (tertiary/aromatic N) is 2. The van der Waals surface area contributed by atoms with Crippen molar-refractivity contribution in [3.8, 4) is 0 Å². The highest BCUT2D eigenvalue weighted by atomic mass is 28.4. The van der Waals surface area contributed by atoms with Crippen LogP contribution in [-0.4, -0.2) is 27.1 Å². The van der Waals surface area contributed by atoms with E-state index in [4.69, 9.17) is 9.16 Å². The van der Waals surface area contributed by atoms with E-state index >= 15 is 0 Å². The van der Waals surface area contributed by atoms with Gasteiger partial charge in [0.15, 0.2) is 0 Å². The van der Waals surface area contributed by atoms with Gasteiger partial charge in [-0.2, -0.15) is 0 Å². The lowest BCUT2D eigenvalue weighted by atomic mass is 10.2. The molecule has 0 heterocycles. The summed E-state index contributed by atoms with van der Waals surface area (Å²) in [5.74, 6) is 0.213. The third kappa shape index (κ3) is 8.91. The zero-order valence-corrected chi connectivity index (χ0v) is 15.6. The van der Waals surface area contributed by atoms with Gasteiger partial charge in [-0.1, -0.05) is 64.1 Å². The Hall–Kier alpha value is -1.24. The van der Waals surface area contributed by atoms with Gasteiger partial charge >= 0.3 is 12.2 Å². The predicted octanol–water partition coefficient (Wildman–Crippen LogP) is 5.54. The lowest BCUT2D eigenvalue weighted by molar-refractivity contribution is 0.140. The van der Waals surface area contributed by atoms with Crippen LogP contribution in [0.1, 0.15) is 53.9 Å². The fourth-order valence-electron chi connectivity index (χ4n) is 2.45. The standard InChI is InChI=1S/C15H30N2O4Si/c1-6-9-22(10-7-2,11-8-3)21-15(19)17-16-14(18)20-12-13(4)5/h13H,6-12H2,1-5H3. The van der Waals surface area contributed by atoms with Crippen LogP contribution in [0.25, 0.3) is 0 Å². The van der Waals surface area contributed by atoms with E-state index in [1.165, 1.54) is 0 Å². The third-order valence-corrected chi connectivity index (χ3v) is 8.02. The van der Waals surface area contributed by atoms with E-state index < -0.39 is 20.5 Å². The molecule has 0 unspecified atom stereocenters. The Labute approximate surface area is 134 Å². The highest BCUT2D eigenvalue weighted by Crippen LogP contribution is 2.28. The highest BCUT2D eigenvalue weighted by molar-refractivity contribution is 6.75. The number of ether oxygens (including phenoxy) is 1. The first kappa shape index (κ1) is 20.8. The number of rotatable bonds is 9. The van der Waals surface area contributed by atoms with E-state index in [1.807, 2.05) is 13.8 Å². The Kier molecular flexibility index (Phi) is 10.7. The van der Waals surface area contributed by atoms with Crippen molar-refractivity contribution in [2.75, 3.05) is 6.61 Å². The Morgan fingerprint density at radius 3 is 1.77 bits per heavy atom. The molecule has 0 aliphatic heterocycles. The van der Waals surface area contributed by atoms with Crippen molar-refractivity contribution in [2.45, 2.75) is 72.0 Å². The fourth-order valence-corrected chi connectivity index (χ4v) is 6.65. The van der Waals surface area contributed by atoms with Crippen molar-refractivity contribution in [3.05, 3.63) is 0 Å². The summed E-state index contributed by atoms with van der Waals surface area (Å²) in [6.45, 7) is 10.4. The van der Waals surface area contributed by atoms with Crippen LogP contribution < -0.4 is 0 Å². The summed E-state index contributed by atoms with van der Waals surface area (Å²) in [4.78, 5) is 23.2. The van der Waals surface area contributed by atoms with Crippen LogP contribution in [0.2, 0.25) is 18.1 Å². The summed E-state index contributed by atoms with van der Waals surface area (Å²) in [6, 6.07) is 2.77. The molecule has 0 aliphatic rings. The smallest absolute Gasteiger partial charge is 0.452 e. The number of azo groups is 1. The van der Waals surface area contributed by atoms with Gasteiger partial charge in [-0.25, -0.2) is 9.59 Å². The van der Waals surface area contributed by atoms with Crippen LogP contribution in [0.15, 0.2) is 10.2 Å². The number of amides is 2. The van der Waals surface area contributed by atoms with Crippen molar-refractivity contribution in [2.24, 2.45) is 16.1 Å². The summed E-state index contributed by atoms with van der Waals surface area (Å²) < 4.78 is 10.5. The van der Waals surface area contributed by atoms with Gasteiger partial charge in [0.2, 0.25) is 0 Å². The fraction of sp³-hybridized carbons (Fsp3) is 0.867. The van der Waals surface area contributed by atoms with Crippen molar-refractivity contribution in [1.82, 2.24) is 0 Å². The van der Waals surface area contributed by atoms with Gasteiger partial charge in [-0.05, 0) is 24.1 Å². The van der Waals surface area contributed by atoms with Crippen molar-refractivity contribution in [3.63, 3.8) is 0 Å². The maximum atomic E-state index is 11.9. The van der Waals surface area contributed by atoms with E-state index in [0.717, 1.165) is 37.4 Å². The average Bonchev–Trinajstić information content (AvgIpc) is 2.43. The molecule has 0 aromatic carbocycles. The number of carbonyl (C=O) groups is 2. The lowest BCUT2D eigenvalue weighted by Gasteiger charge is -2.29. The van der Waals surface area contributed by atoms with Gasteiger partial charge in [0.1, 0.15) is 0 Å². The number of hydrogen-bond donors (Lipinski definition) is 0. The molecular formula is C15H30N2O4Si. The molecule has 6 nitrogen and oxygen atoms in total. The molecule has 0 spiro atoms. The van der Waals surface area contributed by atoms with Crippen LogP contribution in [0, 0.1) is 5.92 Å². The van der Waals surface area contributed by atoms with E-state index in [1.54, 1.807) is 0 Å². The van der Waals surface area contributed by atoms with Crippen LogP contribution in [-0.2, 0) is 9.16 Å². The second kappa shape index (κ2) is 11.3. The first-order valence-corrected chi connectivity index (χ1v) is 10.7. The monoisotopic (exact) mass is 330 g/mol.